The van der Waals surface area contributed by atoms with E-state index in [1.807, 2.05) is 24.3 Å². The maximum absolute atomic E-state index is 12.4. The average molecular weight is 274 g/mol. The number of pyridine rings is 1. The van der Waals surface area contributed by atoms with Gasteiger partial charge in [-0.2, -0.15) is 0 Å². The first-order valence-corrected chi connectivity index (χ1v) is 6.58. The Kier molecular flexibility index (Phi) is 2.38. The van der Waals surface area contributed by atoms with Crippen LogP contribution in [0.2, 0.25) is 0 Å². The Labute approximate surface area is 120 Å². The molecule has 3 aromatic rings. The van der Waals surface area contributed by atoms with Gasteiger partial charge in [-0.1, -0.05) is 18.2 Å². The lowest BCUT2D eigenvalue weighted by molar-refractivity contribution is 0.0926. The number of fused-ring (bicyclic) bond motifs is 2. The number of carbonyl (C=O) groups is 2. The Morgan fingerprint density at radius 1 is 0.810 bits per heavy atom. The summed E-state index contributed by atoms with van der Waals surface area (Å²) in [6.45, 7) is 0. The smallest absolute Gasteiger partial charge is 0.266 e. The van der Waals surface area contributed by atoms with Crippen LogP contribution >= 0.6 is 0 Å². The molecule has 21 heavy (non-hydrogen) atoms. The van der Waals surface area contributed by atoms with Crippen molar-refractivity contribution in [2.24, 2.45) is 0 Å². The van der Waals surface area contributed by atoms with E-state index in [0.717, 1.165) is 10.9 Å². The van der Waals surface area contributed by atoms with Crippen molar-refractivity contribution in [2.45, 2.75) is 0 Å². The molecule has 0 radical (unpaired) electrons. The second-order valence-electron chi connectivity index (χ2n) is 4.87. The highest BCUT2D eigenvalue weighted by Crippen LogP contribution is 2.29. The maximum Gasteiger partial charge on any atom is 0.266 e. The van der Waals surface area contributed by atoms with Crippen LogP contribution < -0.4 is 4.90 Å². The highest BCUT2D eigenvalue weighted by Gasteiger charge is 2.36. The van der Waals surface area contributed by atoms with E-state index in [0.29, 0.717) is 16.8 Å². The van der Waals surface area contributed by atoms with Crippen LogP contribution in [-0.2, 0) is 0 Å². The molecule has 0 fully saturated rings. The Bertz CT molecular complexity index is 867. The van der Waals surface area contributed by atoms with Crippen molar-refractivity contribution in [3.63, 3.8) is 0 Å². The molecule has 4 nitrogen and oxygen atoms in total. The van der Waals surface area contributed by atoms with Crippen LogP contribution in [0.4, 0.5) is 5.69 Å². The normalized spacial score (nSPS) is 13.8. The van der Waals surface area contributed by atoms with Crippen molar-refractivity contribution in [3.8, 4) is 0 Å². The Hall–Kier alpha value is -3.01. The summed E-state index contributed by atoms with van der Waals surface area (Å²) in [5, 5.41) is 0.895. The quantitative estimate of drug-likeness (QED) is 0.641. The molecule has 0 atom stereocenters. The summed E-state index contributed by atoms with van der Waals surface area (Å²) in [4.78, 5) is 30.3. The minimum absolute atomic E-state index is 0.279. The minimum Gasteiger partial charge on any atom is -0.268 e. The summed E-state index contributed by atoms with van der Waals surface area (Å²) in [7, 11) is 0. The minimum atomic E-state index is -0.279. The largest absolute Gasteiger partial charge is 0.268 e. The first-order valence-electron chi connectivity index (χ1n) is 6.58. The van der Waals surface area contributed by atoms with E-state index >= 15 is 0 Å². The third-order valence-corrected chi connectivity index (χ3v) is 3.64. The first-order chi connectivity index (χ1) is 10.3. The Morgan fingerprint density at radius 3 is 2.24 bits per heavy atom. The first kappa shape index (κ1) is 11.8. The predicted octanol–water partition coefficient (Wildman–Crippen LogP) is 3.04. The molecule has 0 N–H and O–H groups in total. The van der Waals surface area contributed by atoms with Crippen LogP contribution in [0.5, 0.6) is 0 Å². The molecule has 4 heteroatoms. The summed E-state index contributed by atoms with van der Waals surface area (Å²) in [5.41, 5.74) is 2.31. The topological polar surface area (TPSA) is 50.3 Å². The van der Waals surface area contributed by atoms with Crippen LogP contribution in [-0.4, -0.2) is 16.8 Å². The third kappa shape index (κ3) is 1.66. The van der Waals surface area contributed by atoms with Gasteiger partial charge >= 0.3 is 0 Å². The van der Waals surface area contributed by atoms with Crippen molar-refractivity contribution in [1.82, 2.24) is 4.98 Å². The fourth-order valence-electron chi connectivity index (χ4n) is 2.63. The molecule has 100 valence electrons. The number of amides is 2. The standard InChI is InChI=1S/C17H10N2O2/c20-16-13-5-1-2-6-14(13)17(21)19(16)12-7-8-15-11(10-12)4-3-9-18-15/h1-10H. The van der Waals surface area contributed by atoms with Gasteiger partial charge in [0.05, 0.1) is 22.3 Å². The van der Waals surface area contributed by atoms with E-state index in [-0.39, 0.29) is 11.8 Å². The van der Waals surface area contributed by atoms with E-state index in [4.69, 9.17) is 0 Å². The van der Waals surface area contributed by atoms with Crippen LogP contribution in [0.3, 0.4) is 0 Å². The molecule has 4 rings (SSSR count). The summed E-state index contributed by atoms with van der Waals surface area (Å²) < 4.78 is 0. The second kappa shape index (κ2) is 4.24. The lowest BCUT2D eigenvalue weighted by Crippen LogP contribution is -2.29. The van der Waals surface area contributed by atoms with Crippen LogP contribution in [0.25, 0.3) is 10.9 Å². The molecule has 2 aromatic carbocycles. The Morgan fingerprint density at radius 2 is 1.52 bits per heavy atom. The van der Waals surface area contributed by atoms with Gasteiger partial charge < -0.3 is 0 Å². The number of anilines is 1. The van der Waals surface area contributed by atoms with Gasteiger partial charge in [0.1, 0.15) is 0 Å². The summed E-state index contributed by atoms with van der Waals surface area (Å²) in [6, 6.07) is 16.0. The van der Waals surface area contributed by atoms with Crippen molar-refractivity contribution in [3.05, 3.63) is 71.9 Å². The average Bonchev–Trinajstić information content (AvgIpc) is 2.79. The number of benzene rings is 2. The molecule has 0 saturated carbocycles. The summed E-state index contributed by atoms with van der Waals surface area (Å²) in [6.07, 6.45) is 1.71. The highest BCUT2D eigenvalue weighted by atomic mass is 16.2. The summed E-state index contributed by atoms with van der Waals surface area (Å²) in [5.74, 6) is -0.558. The number of aromatic nitrogens is 1. The maximum atomic E-state index is 12.4. The number of hydrogen-bond donors (Lipinski definition) is 0. The number of hydrogen-bond acceptors (Lipinski definition) is 3. The predicted molar refractivity (Wildman–Crippen MR) is 79.3 cm³/mol. The number of carbonyl (C=O) groups excluding carboxylic acids is 2. The SMILES string of the molecule is O=C1c2ccccc2C(=O)N1c1ccc2ncccc2c1. The van der Waals surface area contributed by atoms with Gasteiger partial charge in [-0.3, -0.25) is 14.6 Å². The van der Waals surface area contributed by atoms with E-state index in [1.165, 1.54) is 4.90 Å². The van der Waals surface area contributed by atoms with Gasteiger partial charge in [-0.25, -0.2) is 4.90 Å². The zero-order valence-electron chi connectivity index (χ0n) is 11.0. The molecule has 0 unspecified atom stereocenters. The lowest BCUT2D eigenvalue weighted by atomic mass is 10.1. The number of rotatable bonds is 1. The summed E-state index contributed by atoms with van der Waals surface area (Å²) >= 11 is 0. The van der Waals surface area contributed by atoms with E-state index in [1.54, 1.807) is 36.5 Å². The molecule has 2 amide bonds. The molecule has 1 aliphatic rings. The zero-order valence-corrected chi connectivity index (χ0v) is 11.0. The molecular formula is C17H10N2O2. The van der Waals surface area contributed by atoms with E-state index < -0.39 is 0 Å². The van der Waals surface area contributed by atoms with Crippen molar-refractivity contribution < 1.29 is 9.59 Å². The molecule has 0 saturated heterocycles. The van der Waals surface area contributed by atoms with Gasteiger partial charge in [-0.15, -0.1) is 0 Å². The Balaban J connectivity index is 1.86. The third-order valence-electron chi connectivity index (χ3n) is 3.64. The molecule has 0 bridgehead atoms. The number of nitrogens with zero attached hydrogens (tertiary/aromatic N) is 2. The van der Waals surface area contributed by atoms with Crippen LogP contribution in [0, 0.1) is 0 Å². The van der Waals surface area contributed by atoms with Crippen molar-refractivity contribution >= 4 is 28.4 Å². The van der Waals surface area contributed by atoms with E-state index in [9.17, 15) is 9.59 Å². The molecule has 0 spiro atoms. The second-order valence-corrected chi connectivity index (χ2v) is 4.87. The monoisotopic (exact) mass is 274 g/mol. The molecule has 0 aliphatic carbocycles. The molecule has 1 aromatic heterocycles. The molecular weight excluding hydrogens is 264 g/mol. The van der Waals surface area contributed by atoms with Gasteiger partial charge in [0.2, 0.25) is 0 Å². The van der Waals surface area contributed by atoms with Gasteiger partial charge in [-0.05, 0) is 36.4 Å². The molecule has 2 heterocycles. The van der Waals surface area contributed by atoms with Crippen molar-refractivity contribution in [1.29, 1.82) is 0 Å². The fourth-order valence-corrected chi connectivity index (χ4v) is 2.63. The number of imide groups is 1. The van der Waals surface area contributed by atoms with Gasteiger partial charge in [0.15, 0.2) is 0 Å². The lowest BCUT2D eigenvalue weighted by Gasteiger charge is -2.14. The zero-order chi connectivity index (χ0) is 14.4. The van der Waals surface area contributed by atoms with Crippen molar-refractivity contribution in [2.75, 3.05) is 4.90 Å². The molecule has 1 aliphatic heterocycles. The van der Waals surface area contributed by atoms with Crippen LogP contribution in [0.15, 0.2) is 60.8 Å². The van der Waals surface area contributed by atoms with Crippen LogP contribution in [0.1, 0.15) is 20.7 Å². The fraction of sp³-hybridized carbons (Fsp3) is 0. The van der Waals surface area contributed by atoms with E-state index in [2.05, 4.69) is 4.98 Å². The van der Waals surface area contributed by atoms with Gasteiger partial charge in [0, 0.05) is 11.6 Å². The van der Waals surface area contributed by atoms with Gasteiger partial charge in [0.25, 0.3) is 11.8 Å². The highest BCUT2D eigenvalue weighted by molar-refractivity contribution is 6.34.